The lowest BCUT2D eigenvalue weighted by Gasteiger charge is -2.33. The smallest absolute Gasteiger partial charge is 0.00672 e. The molecule has 1 aliphatic rings. The first-order chi connectivity index (χ1) is 5.11. The Balaban J connectivity index is 2.40. The van der Waals surface area contributed by atoms with Gasteiger partial charge in [0.05, 0.1) is 0 Å². The molecule has 0 radical (unpaired) electrons. The van der Waals surface area contributed by atoms with Crippen molar-refractivity contribution in [1.29, 1.82) is 0 Å². The molecule has 0 spiro atoms. The van der Waals surface area contributed by atoms with Crippen molar-refractivity contribution in [2.75, 3.05) is 0 Å². The number of rotatable bonds is 1. The lowest BCUT2D eigenvalue weighted by atomic mass is 9.75. The van der Waals surface area contributed by atoms with Gasteiger partial charge in [0.25, 0.3) is 0 Å². The van der Waals surface area contributed by atoms with Crippen LogP contribution in [-0.4, -0.2) is 6.04 Å². The van der Waals surface area contributed by atoms with E-state index in [1.165, 1.54) is 19.3 Å². The van der Waals surface area contributed by atoms with Crippen molar-refractivity contribution in [3.63, 3.8) is 0 Å². The molecule has 1 nitrogen and oxygen atoms in total. The van der Waals surface area contributed by atoms with Gasteiger partial charge in [0, 0.05) is 6.04 Å². The minimum atomic E-state index is 0.469. The fourth-order valence-corrected chi connectivity index (χ4v) is 2.00. The Morgan fingerprint density at radius 2 is 1.91 bits per heavy atom. The fourth-order valence-electron chi connectivity index (χ4n) is 2.00. The minimum Gasteiger partial charge on any atom is -0.327 e. The highest BCUT2D eigenvalue weighted by molar-refractivity contribution is 4.81. The highest BCUT2D eigenvalue weighted by Crippen LogP contribution is 2.32. The van der Waals surface area contributed by atoms with Crippen molar-refractivity contribution in [2.24, 2.45) is 23.5 Å². The summed E-state index contributed by atoms with van der Waals surface area (Å²) in [4.78, 5) is 0. The molecule has 66 valence electrons. The lowest BCUT2D eigenvalue weighted by Crippen LogP contribution is -2.36. The summed E-state index contributed by atoms with van der Waals surface area (Å²) in [6.45, 7) is 6.90. The van der Waals surface area contributed by atoms with Gasteiger partial charge in [-0.25, -0.2) is 0 Å². The molecule has 11 heavy (non-hydrogen) atoms. The number of hydrogen-bond acceptors (Lipinski definition) is 1. The monoisotopic (exact) mass is 155 g/mol. The van der Waals surface area contributed by atoms with Crippen LogP contribution in [0.15, 0.2) is 0 Å². The molecule has 0 aromatic rings. The van der Waals surface area contributed by atoms with Crippen molar-refractivity contribution < 1.29 is 0 Å². The Labute approximate surface area is 70.4 Å². The number of nitrogens with two attached hydrogens (primary N) is 1. The van der Waals surface area contributed by atoms with Crippen molar-refractivity contribution in [3.8, 4) is 0 Å². The molecule has 0 aromatic heterocycles. The van der Waals surface area contributed by atoms with Crippen molar-refractivity contribution in [3.05, 3.63) is 0 Å². The average Bonchev–Trinajstić information content (AvgIpc) is 1.94. The molecule has 0 bridgehead atoms. The first-order valence-corrected chi connectivity index (χ1v) is 4.87. The summed E-state index contributed by atoms with van der Waals surface area (Å²) in [6, 6.07) is 0.469. The quantitative estimate of drug-likeness (QED) is 0.618. The predicted molar refractivity (Wildman–Crippen MR) is 49.3 cm³/mol. The Morgan fingerprint density at radius 3 is 2.36 bits per heavy atom. The zero-order valence-electron chi connectivity index (χ0n) is 8.01. The summed E-state index contributed by atoms with van der Waals surface area (Å²) in [5.74, 6) is 2.47. The molecule has 2 N–H and O–H groups in total. The maximum Gasteiger partial charge on any atom is 0.00672 e. The normalized spacial score (nSPS) is 39.5. The summed E-state index contributed by atoms with van der Waals surface area (Å²) >= 11 is 0. The molecule has 1 saturated carbocycles. The van der Waals surface area contributed by atoms with Crippen LogP contribution in [0.3, 0.4) is 0 Å². The third kappa shape index (κ3) is 2.19. The van der Waals surface area contributed by atoms with Gasteiger partial charge in [0.2, 0.25) is 0 Å². The van der Waals surface area contributed by atoms with E-state index in [1.807, 2.05) is 0 Å². The van der Waals surface area contributed by atoms with Gasteiger partial charge >= 0.3 is 0 Å². The molecule has 1 rings (SSSR count). The van der Waals surface area contributed by atoms with Gasteiger partial charge in [0.15, 0.2) is 0 Å². The second-order valence-corrected chi connectivity index (χ2v) is 4.46. The van der Waals surface area contributed by atoms with Gasteiger partial charge in [-0.3, -0.25) is 0 Å². The van der Waals surface area contributed by atoms with Crippen LogP contribution >= 0.6 is 0 Å². The zero-order valence-corrected chi connectivity index (χ0v) is 8.01. The Kier molecular flexibility index (Phi) is 2.94. The molecule has 1 heteroatoms. The van der Waals surface area contributed by atoms with Crippen LogP contribution in [0, 0.1) is 17.8 Å². The van der Waals surface area contributed by atoms with E-state index in [0.717, 1.165) is 17.8 Å². The minimum absolute atomic E-state index is 0.469. The van der Waals surface area contributed by atoms with Crippen LogP contribution in [0.2, 0.25) is 0 Å². The van der Waals surface area contributed by atoms with Gasteiger partial charge in [0.1, 0.15) is 0 Å². The highest BCUT2D eigenvalue weighted by Gasteiger charge is 2.26. The van der Waals surface area contributed by atoms with Gasteiger partial charge in [-0.1, -0.05) is 20.8 Å². The molecule has 0 aromatic carbocycles. The van der Waals surface area contributed by atoms with E-state index in [4.69, 9.17) is 5.73 Å². The lowest BCUT2D eigenvalue weighted by molar-refractivity contribution is 0.206. The summed E-state index contributed by atoms with van der Waals surface area (Å²) in [5, 5.41) is 0. The van der Waals surface area contributed by atoms with Crippen LogP contribution in [0.1, 0.15) is 40.0 Å². The second kappa shape index (κ2) is 3.57. The summed E-state index contributed by atoms with van der Waals surface area (Å²) < 4.78 is 0. The van der Waals surface area contributed by atoms with Crippen molar-refractivity contribution >= 4 is 0 Å². The Hall–Kier alpha value is -0.0400. The first kappa shape index (κ1) is 9.05. The molecule has 0 aliphatic heterocycles. The molecular formula is C10H21N. The first-order valence-electron chi connectivity index (χ1n) is 4.87. The zero-order chi connectivity index (χ0) is 8.43. The molecule has 0 amide bonds. The van der Waals surface area contributed by atoms with Gasteiger partial charge in [-0.2, -0.15) is 0 Å². The van der Waals surface area contributed by atoms with Crippen LogP contribution in [0.5, 0.6) is 0 Å². The maximum atomic E-state index is 6.01. The molecule has 3 atom stereocenters. The molecule has 1 aliphatic carbocycles. The van der Waals surface area contributed by atoms with Gasteiger partial charge < -0.3 is 5.73 Å². The van der Waals surface area contributed by atoms with E-state index in [1.54, 1.807) is 0 Å². The Morgan fingerprint density at radius 1 is 1.27 bits per heavy atom. The highest BCUT2D eigenvalue weighted by atomic mass is 14.7. The Bertz CT molecular complexity index is 120. The third-order valence-electron chi connectivity index (χ3n) is 3.24. The maximum absolute atomic E-state index is 6.01. The van der Waals surface area contributed by atoms with Crippen LogP contribution in [-0.2, 0) is 0 Å². The largest absolute Gasteiger partial charge is 0.327 e. The predicted octanol–water partition coefficient (Wildman–Crippen LogP) is 2.41. The second-order valence-electron chi connectivity index (χ2n) is 4.46. The molecule has 1 fully saturated rings. The number of hydrogen-bond donors (Lipinski definition) is 1. The van der Waals surface area contributed by atoms with E-state index in [0.29, 0.717) is 6.04 Å². The topological polar surface area (TPSA) is 26.0 Å². The van der Waals surface area contributed by atoms with Gasteiger partial charge in [-0.15, -0.1) is 0 Å². The summed E-state index contributed by atoms with van der Waals surface area (Å²) in [6.07, 6.45) is 3.98. The van der Waals surface area contributed by atoms with Crippen LogP contribution < -0.4 is 5.73 Å². The van der Waals surface area contributed by atoms with E-state index in [9.17, 15) is 0 Å². The van der Waals surface area contributed by atoms with E-state index in [2.05, 4.69) is 20.8 Å². The van der Waals surface area contributed by atoms with Gasteiger partial charge in [-0.05, 0) is 37.0 Å². The fraction of sp³-hybridized carbons (Fsp3) is 1.00. The van der Waals surface area contributed by atoms with Crippen molar-refractivity contribution in [1.82, 2.24) is 0 Å². The molecule has 3 unspecified atom stereocenters. The molecular weight excluding hydrogens is 134 g/mol. The molecule has 0 saturated heterocycles. The third-order valence-corrected chi connectivity index (χ3v) is 3.24. The van der Waals surface area contributed by atoms with E-state index >= 15 is 0 Å². The standard InChI is InChI=1S/C10H21N/c1-7(2)9-5-4-8(3)10(11)6-9/h7-10H,4-6,11H2,1-3H3. The summed E-state index contributed by atoms with van der Waals surface area (Å²) in [5.41, 5.74) is 6.01. The molecule has 0 heterocycles. The van der Waals surface area contributed by atoms with Crippen molar-refractivity contribution in [2.45, 2.75) is 46.1 Å². The summed E-state index contributed by atoms with van der Waals surface area (Å²) in [7, 11) is 0. The SMILES string of the molecule is CC(C)C1CCC(C)C(N)C1. The van der Waals surface area contributed by atoms with E-state index < -0.39 is 0 Å². The van der Waals surface area contributed by atoms with E-state index in [-0.39, 0.29) is 0 Å². The van der Waals surface area contributed by atoms with Crippen LogP contribution in [0.4, 0.5) is 0 Å². The van der Waals surface area contributed by atoms with Crippen LogP contribution in [0.25, 0.3) is 0 Å². The average molecular weight is 155 g/mol.